The molecule has 0 amide bonds. The Hall–Kier alpha value is -3.36. The minimum absolute atomic E-state index is 0.00371. The highest BCUT2D eigenvalue weighted by molar-refractivity contribution is 5.99. The molecule has 0 radical (unpaired) electrons. The summed E-state index contributed by atoms with van der Waals surface area (Å²) in [7, 11) is 3.09. The molecular formula is C20H23FN4O4. The minimum atomic E-state index is -1.17. The van der Waals surface area contributed by atoms with Crippen LogP contribution >= 0.6 is 0 Å². The van der Waals surface area contributed by atoms with Gasteiger partial charge in [0.15, 0.2) is 28.7 Å². The third-order valence-electron chi connectivity index (χ3n) is 4.86. The lowest BCUT2D eigenvalue weighted by atomic mass is 10.1. The smallest absolute Gasteiger partial charge is 0.343 e. The fourth-order valence-electron chi connectivity index (χ4n) is 3.27. The highest BCUT2D eigenvalue weighted by Crippen LogP contribution is 2.33. The van der Waals surface area contributed by atoms with Crippen LogP contribution in [0.1, 0.15) is 33.7 Å². The van der Waals surface area contributed by atoms with Crippen LogP contribution in [-0.2, 0) is 6.42 Å². The number of aromatic carboxylic acids is 1. The number of H-pyrrole nitrogens is 1. The van der Waals surface area contributed by atoms with Crippen molar-refractivity contribution < 1.29 is 23.6 Å². The van der Waals surface area contributed by atoms with Crippen LogP contribution in [0.25, 0.3) is 11.3 Å². The second kappa shape index (κ2) is 8.34. The van der Waals surface area contributed by atoms with Crippen molar-refractivity contribution in [1.29, 1.82) is 0 Å². The molecule has 3 aromatic rings. The number of carboxylic acid groups (broad SMARTS) is 1. The molecule has 0 spiro atoms. The number of ether oxygens (including phenoxy) is 1. The van der Waals surface area contributed by atoms with Gasteiger partial charge in [-0.3, -0.25) is 5.10 Å². The largest absolute Gasteiger partial charge is 0.494 e. The fourth-order valence-corrected chi connectivity index (χ4v) is 3.27. The number of halogens is 1. The third-order valence-corrected chi connectivity index (χ3v) is 4.86. The van der Waals surface area contributed by atoms with E-state index in [0.29, 0.717) is 12.1 Å². The van der Waals surface area contributed by atoms with Crippen molar-refractivity contribution in [1.82, 2.24) is 15.4 Å². The molecule has 2 heterocycles. The maximum absolute atomic E-state index is 13.7. The monoisotopic (exact) mass is 402 g/mol. The van der Waals surface area contributed by atoms with Gasteiger partial charge < -0.3 is 19.3 Å². The van der Waals surface area contributed by atoms with Crippen molar-refractivity contribution in [3.8, 4) is 17.1 Å². The summed E-state index contributed by atoms with van der Waals surface area (Å²) >= 11 is 0. The van der Waals surface area contributed by atoms with Crippen molar-refractivity contribution in [2.24, 2.45) is 0 Å². The van der Waals surface area contributed by atoms with E-state index in [4.69, 9.17) is 9.26 Å². The third kappa shape index (κ3) is 4.08. The van der Waals surface area contributed by atoms with Gasteiger partial charge in [0.2, 0.25) is 0 Å². The molecule has 0 aliphatic carbocycles. The van der Waals surface area contributed by atoms with Gasteiger partial charge in [-0.25, -0.2) is 9.18 Å². The van der Waals surface area contributed by atoms with E-state index in [0.717, 1.165) is 29.8 Å². The summed E-state index contributed by atoms with van der Waals surface area (Å²) in [5.41, 5.74) is 3.46. The number of nitrogens with one attached hydrogen (secondary N) is 1. The average molecular weight is 402 g/mol. The molecule has 9 heteroatoms. The summed E-state index contributed by atoms with van der Waals surface area (Å²) in [6.45, 7) is 4.50. The number of aromatic nitrogens is 3. The second-order valence-corrected chi connectivity index (χ2v) is 6.80. The first-order chi connectivity index (χ1) is 13.8. The first-order valence-corrected chi connectivity index (χ1v) is 9.12. The van der Waals surface area contributed by atoms with Crippen LogP contribution in [0.4, 0.5) is 10.2 Å². The molecule has 0 fully saturated rings. The van der Waals surface area contributed by atoms with E-state index in [1.165, 1.54) is 25.3 Å². The number of anilines is 1. The maximum Gasteiger partial charge on any atom is 0.343 e. The molecule has 0 unspecified atom stereocenters. The number of hydrogen-bond acceptors (Lipinski definition) is 6. The standard InChI is InChI=1S/C20H23FN4O4/c1-11-14(12(2)23-22-11)6-5-9-25(3)19-17(20(26)27)18(29-24-19)13-7-8-15(21)16(10-13)28-4/h7-8,10H,5-6,9H2,1-4H3,(H,22,23)(H,26,27). The topological polar surface area (TPSA) is 104 Å². The van der Waals surface area contributed by atoms with E-state index < -0.39 is 11.8 Å². The number of benzene rings is 1. The molecule has 0 atom stereocenters. The lowest BCUT2D eigenvalue weighted by Crippen LogP contribution is -2.21. The Bertz CT molecular complexity index is 1010. The molecule has 29 heavy (non-hydrogen) atoms. The molecule has 8 nitrogen and oxygen atoms in total. The summed E-state index contributed by atoms with van der Waals surface area (Å²) in [5, 5.41) is 20.8. The van der Waals surface area contributed by atoms with Crippen LogP contribution in [0.15, 0.2) is 22.7 Å². The number of carbonyl (C=O) groups is 1. The SMILES string of the molecule is COc1cc(-c2onc(N(C)CCCc3c(C)n[nH]c3C)c2C(=O)O)ccc1F. The second-order valence-electron chi connectivity index (χ2n) is 6.80. The van der Waals surface area contributed by atoms with Crippen LogP contribution in [-0.4, -0.2) is 47.1 Å². The van der Waals surface area contributed by atoms with Crippen LogP contribution in [0, 0.1) is 19.7 Å². The Morgan fingerprint density at radius 2 is 2.14 bits per heavy atom. The number of carboxylic acids is 1. The highest BCUT2D eigenvalue weighted by atomic mass is 19.1. The quantitative estimate of drug-likeness (QED) is 0.593. The van der Waals surface area contributed by atoms with Gasteiger partial charge in [-0.15, -0.1) is 0 Å². The maximum atomic E-state index is 13.7. The number of hydrogen-bond donors (Lipinski definition) is 2. The molecule has 0 bridgehead atoms. The van der Waals surface area contributed by atoms with Crippen molar-refractivity contribution >= 4 is 11.8 Å². The number of aryl methyl sites for hydroxylation is 2. The average Bonchev–Trinajstić information content (AvgIpc) is 3.27. The Morgan fingerprint density at radius 3 is 2.76 bits per heavy atom. The minimum Gasteiger partial charge on any atom is -0.494 e. The van der Waals surface area contributed by atoms with Crippen LogP contribution in [0.2, 0.25) is 0 Å². The first kappa shape index (κ1) is 20.4. The number of rotatable bonds is 8. The molecule has 2 aromatic heterocycles. The normalized spacial score (nSPS) is 10.9. The molecule has 0 aliphatic rings. The molecule has 0 saturated heterocycles. The summed E-state index contributed by atoms with van der Waals surface area (Å²) in [5.74, 6) is -1.45. The Labute approximate surface area is 167 Å². The zero-order valence-electron chi connectivity index (χ0n) is 16.7. The zero-order chi connectivity index (χ0) is 21.1. The van der Waals surface area contributed by atoms with Gasteiger partial charge in [0.25, 0.3) is 0 Å². The van der Waals surface area contributed by atoms with Gasteiger partial charge in [-0.1, -0.05) is 5.16 Å². The van der Waals surface area contributed by atoms with Crippen molar-refractivity contribution in [3.05, 3.63) is 46.5 Å². The Balaban J connectivity index is 1.82. The summed E-state index contributed by atoms with van der Waals surface area (Å²) in [4.78, 5) is 13.6. The Morgan fingerprint density at radius 1 is 1.38 bits per heavy atom. The fraction of sp³-hybridized carbons (Fsp3) is 0.350. The van der Waals surface area contributed by atoms with Gasteiger partial charge in [0, 0.05) is 24.8 Å². The van der Waals surface area contributed by atoms with E-state index in [1.807, 2.05) is 13.8 Å². The van der Waals surface area contributed by atoms with Gasteiger partial charge in [-0.05, 0) is 50.5 Å². The van der Waals surface area contributed by atoms with Crippen molar-refractivity contribution in [2.45, 2.75) is 26.7 Å². The van der Waals surface area contributed by atoms with E-state index >= 15 is 0 Å². The van der Waals surface area contributed by atoms with E-state index in [2.05, 4.69) is 15.4 Å². The first-order valence-electron chi connectivity index (χ1n) is 9.12. The van der Waals surface area contributed by atoms with E-state index in [-0.39, 0.29) is 22.9 Å². The van der Waals surface area contributed by atoms with Gasteiger partial charge in [-0.2, -0.15) is 5.10 Å². The molecule has 2 N–H and O–H groups in total. The molecule has 0 aliphatic heterocycles. The van der Waals surface area contributed by atoms with Gasteiger partial charge in [0.05, 0.1) is 12.8 Å². The van der Waals surface area contributed by atoms with Crippen LogP contribution in [0.5, 0.6) is 5.75 Å². The zero-order valence-corrected chi connectivity index (χ0v) is 16.7. The predicted octanol–water partition coefficient (Wildman–Crippen LogP) is 3.60. The van der Waals surface area contributed by atoms with E-state index in [1.54, 1.807) is 11.9 Å². The summed E-state index contributed by atoms with van der Waals surface area (Å²) in [6.07, 6.45) is 1.59. The lowest BCUT2D eigenvalue weighted by Gasteiger charge is -2.16. The number of aromatic amines is 1. The van der Waals surface area contributed by atoms with Crippen LogP contribution in [0.3, 0.4) is 0 Å². The van der Waals surface area contributed by atoms with Gasteiger partial charge >= 0.3 is 5.97 Å². The molecule has 154 valence electrons. The Kier molecular flexibility index (Phi) is 5.86. The summed E-state index contributed by atoms with van der Waals surface area (Å²) < 4.78 is 24.0. The van der Waals surface area contributed by atoms with Crippen molar-refractivity contribution in [3.63, 3.8) is 0 Å². The molecule has 0 saturated carbocycles. The lowest BCUT2D eigenvalue weighted by molar-refractivity contribution is 0.0698. The predicted molar refractivity (Wildman–Crippen MR) is 105 cm³/mol. The molecule has 1 aromatic carbocycles. The number of methoxy groups -OCH3 is 1. The number of nitrogens with zero attached hydrogens (tertiary/aromatic N) is 3. The highest BCUT2D eigenvalue weighted by Gasteiger charge is 2.26. The van der Waals surface area contributed by atoms with E-state index in [9.17, 15) is 14.3 Å². The van der Waals surface area contributed by atoms with Crippen molar-refractivity contribution in [2.75, 3.05) is 25.6 Å². The molecular weight excluding hydrogens is 379 g/mol. The summed E-state index contributed by atoms with van der Waals surface area (Å²) in [6, 6.07) is 4.01. The van der Waals surface area contributed by atoms with Gasteiger partial charge in [0.1, 0.15) is 0 Å². The van der Waals surface area contributed by atoms with Crippen LogP contribution < -0.4 is 9.64 Å². The molecule has 3 rings (SSSR count).